The van der Waals surface area contributed by atoms with Crippen LogP contribution in [0.25, 0.3) is 0 Å². The number of carbonyl (C=O) groups excluding carboxylic acids is 2. The summed E-state index contributed by atoms with van der Waals surface area (Å²) < 4.78 is 10.5. The summed E-state index contributed by atoms with van der Waals surface area (Å²) in [6, 6.07) is 12.0. The average molecular weight is 354 g/mol. The van der Waals surface area contributed by atoms with Crippen molar-refractivity contribution in [2.45, 2.75) is 13.0 Å². The number of nitrogens with zero attached hydrogens (tertiary/aromatic N) is 1. The van der Waals surface area contributed by atoms with Gasteiger partial charge in [-0.25, -0.2) is 0 Å². The van der Waals surface area contributed by atoms with Crippen LogP contribution in [0.5, 0.6) is 11.5 Å². The van der Waals surface area contributed by atoms with Gasteiger partial charge in [0.25, 0.3) is 5.91 Å². The van der Waals surface area contributed by atoms with Crippen molar-refractivity contribution >= 4 is 11.8 Å². The topological polar surface area (TPSA) is 67.9 Å². The number of methoxy groups -OCH3 is 2. The number of hydrogen-bond donors (Lipinski definition) is 1. The van der Waals surface area contributed by atoms with Gasteiger partial charge in [0.2, 0.25) is 5.91 Å². The number of rotatable bonds is 4. The molecule has 0 spiro atoms. The molecule has 0 bridgehead atoms. The van der Waals surface area contributed by atoms with Crippen LogP contribution in [0.15, 0.2) is 42.5 Å². The molecule has 1 aliphatic heterocycles. The molecule has 3 rings (SSSR count). The molecule has 6 heteroatoms. The molecule has 26 heavy (non-hydrogen) atoms. The summed E-state index contributed by atoms with van der Waals surface area (Å²) in [5.74, 6) is 0.641. The summed E-state index contributed by atoms with van der Waals surface area (Å²) in [6.07, 6.45) is 0. The maximum Gasteiger partial charge on any atom is 0.255 e. The van der Waals surface area contributed by atoms with Gasteiger partial charge in [0.1, 0.15) is 6.04 Å². The van der Waals surface area contributed by atoms with E-state index < -0.39 is 6.04 Å². The summed E-state index contributed by atoms with van der Waals surface area (Å²) in [6.45, 7) is 2.86. The first-order valence-corrected chi connectivity index (χ1v) is 8.42. The number of benzene rings is 2. The Balaban J connectivity index is 1.95. The van der Waals surface area contributed by atoms with Crippen molar-refractivity contribution in [2.75, 3.05) is 27.3 Å². The predicted molar refractivity (Wildman–Crippen MR) is 97.5 cm³/mol. The fourth-order valence-corrected chi connectivity index (χ4v) is 3.10. The lowest BCUT2D eigenvalue weighted by Crippen LogP contribution is -2.52. The quantitative estimate of drug-likeness (QED) is 0.915. The lowest BCUT2D eigenvalue weighted by molar-refractivity contribution is -0.128. The van der Waals surface area contributed by atoms with Crippen molar-refractivity contribution in [3.8, 4) is 11.5 Å². The Morgan fingerprint density at radius 1 is 1.08 bits per heavy atom. The summed E-state index contributed by atoms with van der Waals surface area (Å²) in [4.78, 5) is 27.2. The van der Waals surface area contributed by atoms with Crippen molar-refractivity contribution in [1.82, 2.24) is 10.2 Å². The first-order valence-electron chi connectivity index (χ1n) is 8.42. The number of nitrogens with one attached hydrogen (secondary N) is 1. The molecule has 0 saturated carbocycles. The van der Waals surface area contributed by atoms with E-state index in [2.05, 4.69) is 5.32 Å². The van der Waals surface area contributed by atoms with Gasteiger partial charge in [-0.1, -0.05) is 29.8 Å². The second kappa shape index (κ2) is 7.47. The standard InChI is InChI=1S/C20H22N2O4/c1-13-4-6-14(7-5-13)18-19(23)21-10-11-22(18)20(24)15-8-9-16(25-2)17(12-15)26-3/h4-9,12,18H,10-11H2,1-3H3,(H,21,23). The van der Waals surface area contributed by atoms with Crippen molar-refractivity contribution < 1.29 is 19.1 Å². The molecule has 1 N–H and O–H groups in total. The molecule has 2 amide bonds. The number of amides is 2. The van der Waals surface area contributed by atoms with Crippen LogP contribution in [0.2, 0.25) is 0 Å². The third-order valence-electron chi connectivity index (χ3n) is 4.50. The highest BCUT2D eigenvalue weighted by atomic mass is 16.5. The molecule has 2 aromatic carbocycles. The van der Waals surface area contributed by atoms with Crippen molar-refractivity contribution in [1.29, 1.82) is 0 Å². The molecular weight excluding hydrogens is 332 g/mol. The van der Waals surface area contributed by atoms with Crippen LogP contribution in [-0.4, -0.2) is 44.0 Å². The van der Waals surface area contributed by atoms with Crippen LogP contribution in [0.1, 0.15) is 27.5 Å². The molecule has 1 atom stereocenters. The minimum Gasteiger partial charge on any atom is -0.493 e. The second-order valence-corrected chi connectivity index (χ2v) is 6.17. The monoisotopic (exact) mass is 354 g/mol. The van der Waals surface area contributed by atoms with Gasteiger partial charge in [0.15, 0.2) is 11.5 Å². The Morgan fingerprint density at radius 3 is 2.42 bits per heavy atom. The normalized spacial score (nSPS) is 16.8. The highest BCUT2D eigenvalue weighted by Crippen LogP contribution is 2.30. The number of hydrogen-bond acceptors (Lipinski definition) is 4. The van der Waals surface area contributed by atoms with E-state index in [0.717, 1.165) is 11.1 Å². The highest BCUT2D eigenvalue weighted by Gasteiger charge is 2.35. The lowest BCUT2D eigenvalue weighted by atomic mass is 10.00. The van der Waals surface area contributed by atoms with Gasteiger partial charge in [0, 0.05) is 18.7 Å². The van der Waals surface area contributed by atoms with Gasteiger partial charge in [0.05, 0.1) is 14.2 Å². The van der Waals surface area contributed by atoms with Crippen LogP contribution in [0.3, 0.4) is 0 Å². The Hall–Kier alpha value is -3.02. The summed E-state index contributed by atoms with van der Waals surface area (Å²) >= 11 is 0. The maximum absolute atomic E-state index is 13.1. The van der Waals surface area contributed by atoms with Crippen LogP contribution in [0, 0.1) is 6.92 Å². The molecule has 1 fully saturated rings. The Kier molecular flexibility index (Phi) is 5.11. The largest absolute Gasteiger partial charge is 0.493 e. The molecular formula is C20H22N2O4. The first kappa shape index (κ1) is 17.8. The van der Waals surface area contributed by atoms with Crippen molar-refractivity contribution in [2.24, 2.45) is 0 Å². The molecule has 0 aromatic heterocycles. The molecule has 1 aliphatic rings. The summed E-state index contributed by atoms with van der Waals surface area (Å²) in [5, 5.41) is 2.84. The van der Waals surface area contributed by atoms with E-state index in [1.807, 2.05) is 31.2 Å². The molecule has 1 unspecified atom stereocenters. The third kappa shape index (κ3) is 3.35. The summed E-state index contributed by atoms with van der Waals surface area (Å²) in [5.41, 5.74) is 2.35. The second-order valence-electron chi connectivity index (χ2n) is 6.17. The maximum atomic E-state index is 13.1. The van der Waals surface area contributed by atoms with Crippen LogP contribution in [-0.2, 0) is 4.79 Å². The van der Waals surface area contributed by atoms with Gasteiger partial charge in [-0.05, 0) is 30.7 Å². The minimum atomic E-state index is -0.648. The molecule has 2 aromatic rings. The average Bonchev–Trinajstić information content (AvgIpc) is 2.67. The zero-order chi connectivity index (χ0) is 18.7. The Labute approximate surface area is 152 Å². The van der Waals surface area contributed by atoms with Gasteiger partial charge in [-0.15, -0.1) is 0 Å². The van der Waals surface area contributed by atoms with E-state index in [-0.39, 0.29) is 11.8 Å². The first-order chi connectivity index (χ1) is 12.5. The number of carbonyl (C=O) groups is 2. The van der Waals surface area contributed by atoms with Gasteiger partial charge < -0.3 is 19.7 Å². The predicted octanol–water partition coefficient (Wildman–Crippen LogP) is 2.33. The molecule has 136 valence electrons. The number of piperazine rings is 1. The summed E-state index contributed by atoms with van der Waals surface area (Å²) in [7, 11) is 3.07. The van der Waals surface area contributed by atoms with Crippen LogP contribution in [0.4, 0.5) is 0 Å². The number of aryl methyl sites for hydroxylation is 1. The lowest BCUT2D eigenvalue weighted by Gasteiger charge is -2.35. The minimum absolute atomic E-state index is 0.172. The van der Waals surface area contributed by atoms with Crippen molar-refractivity contribution in [3.63, 3.8) is 0 Å². The number of ether oxygens (including phenoxy) is 2. The molecule has 6 nitrogen and oxygen atoms in total. The van der Waals surface area contributed by atoms with E-state index in [4.69, 9.17) is 9.47 Å². The van der Waals surface area contributed by atoms with Crippen molar-refractivity contribution in [3.05, 3.63) is 59.2 Å². The van der Waals surface area contributed by atoms with E-state index in [9.17, 15) is 9.59 Å². The molecule has 1 saturated heterocycles. The highest BCUT2D eigenvalue weighted by molar-refractivity contribution is 5.99. The molecule has 0 aliphatic carbocycles. The van der Waals surface area contributed by atoms with E-state index in [0.29, 0.717) is 30.2 Å². The fraction of sp³-hybridized carbons (Fsp3) is 0.300. The zero-order valence-electron chi connectivity index (χ0n) is 15.1. The van der Waals surface area contributed by atoms with Gasteiger partial charge >= 0.3 is 0 Å². The SMILES string of the molecule is COc1ccc(C(=O)N2CCNC(=O)C2c2ccc(C)cc2)cc1OC. The zero-order valence-corrected chi connectivity index (χ0v) is 15.1. The van der Waals surface area contributed by atoms with E-state index in [1.54, 1.807) is 30.2 Å². The van der Waals surface area contributed by atoms with Crippen LogP contribution >= 0.6 is 0 Å². The Bertz CT molecular complexity index is 817. The van der Waals surface area contributed by atoms with E-state index >= 15 is 0 Å². The molecule has 1 heterocycles. The Morgan fingerprint density at radius 2 is 1.77 bits per heavy atom. The van der Waals surface area contributed by atoms with Crippen LogP contribution < -0.4 is 14.8 Å². The van der Waals surface area contributed by atoms with E-state index in [1.165, 1.54) is 7.11 Å². The van der Waals surface area contributed by atoms with Gasteiger partial charge in [-0.2, -0.15) is 0 Å². The smallest absolute Gasteiger partial charge is 0.255 e. The van der Waals surface area contributed by atoms with Gasteiger partial charge in [-0.3, -0.25) is 9.59 Å². The third-order valence-corrected chi connectivity index (χ3v) is 4.50. The molecule has 0 radical (unpaired) electrons. The fourth-order valence-electron chi connectivity index (χ4n) is 3.10.